The zero-order chi connectivity index (χ0) is 16.0. The molecule has 1 amide bonds. The fourth-order valence-corrected chi connectivity index (χ4v) is 1.67. The SMILES string of the molecule is COc1ccc(CCC(=O)O)c(NC(=O)OC(C)(C)C)c1. The van der Waals surface area contributed by atoms with Gasteiger partial charge in [0.05, 0.1) is 12.8 Å². The predicted octanol–water partition coefficient (Wildman–Crippen LogP) is 3.06. The minimum atomic E-state index is -0.894. The van der Waals surface area contributed by atoms with Crippen LogP contribution >= 0.6 is 0 Å². The number of ether oxygens (including phenoxy) is 2. The van der Waals surface area contributed by atoms with Crippen molar-refractivity contribution >= 4 is 17.7 Å². The summed E-state index contributed by atoms with van der Waals surface area (Å²) in [7, 11) is 1.52. The van der Waals surface area contributed by atoms with Crippen LogP contribution in [0.5, 0.6) is 5.75 Å². The van der Waals surface area contributed by atoms with E-state index in [2.05, 4.69) is 5.32 Å². The lowest BCUT2D eigenvalue weighted by Crippen LogP contribution is -2.27. The topological polar surface area (TPSA) is 84.9 Å². The van der Waals surface area contributed by atoms with Crippen LogP contribution in [0.25, 0.3) is 0 Å². The normalized spacial score (nSPS) is 10.9. The molecule has 1 rings (SSSR count). The molecule has 2 N–H and O–H groups in total. The molecule has 0 spiro atoms. The molecule has 1 aromatic carbocycles. The third-order valence-corrected chi connectivity index (χ3v) is 2.56. The highest BCUT2D eigenvalue weighted by Crippen LogP contribution is 2.24. The average Bonchev–Trinajstić information content (AvgIpc) is 2.34. The Balaban J connectivity index is 2.90. The summed E-state index contributed by atoms with van der Waals surface area (Å²) in [6, 6.07) is 5.09. The average molecular weight is 295 g/mol. The Labute approximate surface area is 124 Å². The van der Waals surface area contributed by atoms with Gasteiger partial charge in [-0.2, -0.15) is 0 Å². The van der Waals surface area contributed by atoms with Gasteiger partial charge in [0.15, 0.2) is 0 Å². The Hall–Kier alpha value is -2.24. The molecular weight excluding hydrogens is 274 g/mol. The maximum absolute atomic E-state index is 11.8. The van der Waals surface area contributed by atoms with Crippen LogP contribution in [0.15, 0.2) is 18.2 Å². The molecule has 0 fully saturated rings. The van der Waals surface area contributed by atoms with Gasteiger partial charge in [-0.15, -0.1) is 0 Å². The molecule has 0 bridgehead atoms. The number of amides is 1. The van der Waals surface area contributed by atoms with E-state index >= 15 is 0 Å². The number of hydrogen-bond donors (Lipinski definition) is 2. The molecule has 0 aliphatic heterocycles. The first-order valence-electron chi connectivity index (χ1n) is 6.60. The predicted molar refractivity (Wildman–Crippen MR) is 78.8 cm³/mol. The van der Waals surface area contributed by atoms with Crippen molar-refractivity contribution in [2.24, 2.45) is 0 Å². The highest BCUT2D eigenvalue weighted by Gasteiger charge is 2.17. The molecule has 6 nitrogen and oxygen atoms in total. The molecule has 0 atom stereocenters. The van der Waals surface area contributed by atoms with Gasteiger partial charge in [-0.25, -0.2) is 4.79 Å². The number of carboxylic acid groups (broad SMARTS) is 1. The number of rotatable bonds is 5. The summed E-state index contributed by atoms with van der Waals surface area (Å²) in [6.45, 7) is 5.30. The molecule has 0 radical (unpaired) electrons. The molecule has 6 heteroatoms. The smallest absolute Gasteiger partial charge is 0.412 e. The number of hydrogen-bond acceptors (Lipinski definition) is 4. The van der Waals surface area contributed by atoms with Crippen LogP contribution in [0.4, 0.5) is 10.5 Å². The monoisotopic (exact) mass is 295 g/mol. The van der Waals surface area contributed by atoms with Crippen molar-refractivity contribution < 1.29 is 24.2 Å². The van der Waals surface area contributed by atoms with Crippen molar-refractivity contribution in [1.82, 2.24) is 0 Å². The van der Waals surface area contributed by atoms with Crippen LogP contribution in [0.1, 0.15) is 32.8 Å². The fraction of sp³-hybridized carbons (Fsp3) is 0.467. The van der Waals surface area contributed by atoms with Crippen LogP contribution < -0.4 is 10.1 Å². The number of methoxy groups -OCH3 is 1. The molecule has 0 aliphatic carbocycles. The lowest BCUT2D eigenvalue weighted by molar-refractivity contribution is -0.136. The molecule has 116 valence electrons. The van der Waals surface area contributed by atoms with E-state index in [1.165, 1.54) is 7.11 Å². The van der Waals surface area contributed by atoms with Gasteiger partial charge in [-0.1, -0.05) is 6.07 Å². The number of carbonyl (C=O) groups is 2. The Morgan fingerprint density at radius 1 is 1.29 bits per heavy atom. The van der Waals surface area contributed by atoms with E-state index in [1.54, 1.807) is 39.0 Å². The van der Waals surface area contributed by atoms with E-state index in [9.17, 15) is 9.59 Å². The van der Waals surface area contributed by atoms with E-state index < -0.39 is 17.7 Å². The van der Waals surface area contributed by atoms with Gasteiger partial charge in [0.25, 0.3) is 0 Å². The highest BCUT2D eigenvalue weighted by atomic mass is 16.6. The van der Waals surface area contributed by atoms with Crippen LogP contribution in [0.3, 0.4) is 0 Å². The van der Waals surface area contributed by atoms with Crippen molar-refractivity contribution in [2.75, 3.05) is 12.4 Å². The summed E-state index contributed by atoms with van der Waals surface area (Å²) < 4.78 is 10.3. The number of aryl methyl sites for hydroxylation is 1. The van der Waals surface area contributed by atoms with E-state index in [1.807, 2.05) is 0 Å². The molecular formula is C15H21NO5. The van der Waals surface area contributed by atoms with E-state index in [0.717, 1.165) is 0 Å². The summed E-state index contributed by atoms with van der Waals surface area (Å²) in [4.78, 5) is 22.5. The first kappa shape index (κ1) is 16.8. The molecule has 0 heterocycles. The van der Waals surface area contributed by atoms with Crippen molar-refractivity contribution in [1.29, 1.82) is 0 Å². The Morgan fingerprint density at radius 2 is 1.95 bits per heavy atom. The van der Waals surface area contributed by atoms with E-state index in [0.29, 0.717) is 23.4 Å². The molecule has 1 aromatic rings. The first-order valence-corrected chi connectivity index (χ1v) is 6.60. The van der Waals surface area contributed by atoms with Gasteiger partial charge >= 0.3 is 12.1 Å². The van der Waals surface area contributed by atoms with Crippen LogP contribution in [-0.4, -0.2) is 29.9 Å². The summed E-state index contributed by atoms with van der Waals surface area (Å²) in [5, 5.41) is 11.4. The Kier molecular flexibility index (Phi) is 5.58. The number of carbonyl (C=O) groups excluding carboxylic acids is 1. The maximum atomic E-state index is 11.8. The molecule has 0 saturated heterocycles. The molecule has 0 aromatic heterocycles. The largest absolute Gasteiger partial charge is 0.497 e. The van der Waals surface area contributed by atoms with Crippen molar-refractivity contribution in [3.63, 3.8) is 0 Å². The molecule has 0 unspecified atom stereocenters. The van der Waals surface area contributed by atoms with Gasteiger partial charge in [0, 0.05) is 12.5 Å². The van der Waals surface area contributed by atoms with Gasteiger partial charge in [0.1, 0.15) is 11.4 Å². The fourth-order valence-electron chi connectivity index (χ4n) is 1.67. The van der Waals surface area contributed by atoms with Gasteiger partial charge in [0.2, 0.25) is 0 Å². The van der Waals surface area contributed by atoms with E-state index in [4.69, 9.17) is 14.6 Å². The Morgan fingerprint density at radius 3 is 2.48 bits per heavy atom. The highest BCUT2D eigenvalue weighted by molar-refractivity contribution is 5.86. The molecule has 0 saturated carbocycles. The maximum Gasteiger partial charge on any atom is 0.412 e. The minimum absolute atomic E-state index is 0.0185. The number of benzene rings is 1. The second-order valence-electron chi connectivity index (χ2n) is 5.54. The molecule has 21 heavy (non-hydrogen) atoms. The standard InChI is InChI=1S/C15H21NO5/c1-15(2,3)21-14(19)16-12-9-11(20-4)7-5-10(12)6-8-13(17)18/h5,7,9H,6,8H2,1-4H3,(H,16,19)(H,17,18). The quantitative estimate of drug-likeness (QED) is 0.872. The van der Waals surface area contributed by atoms with Crippen molar-refractivity contribution in [3.05, 3.63) is 23.8 Å². The van der Waals surface area contributed by atoms with Gasteiger partial charge < -0.3 is 14.6 Å². The summed E-state index contributed by atoms with van der Waals surface area (Å²) in [5.41, 5.74) is 0.596. The van der Waals surface area contributed by atoms with Crippen LogP contribution in [0, 0.1) is 0 Å². The lowest BCUT2D eigenvalue weighted by atomic mass is 10.1. The third kappa shape index (κ3) is 6.16. The number of anilines is 1. The third-order valence-electron chi connectivity index (χ3n) is 2.56. The zero-order valence-electron chi connectivity index (χ0n) is 12.7. The van der Waals surface area contributed by atoms with Crippen molar-refractivity contribution in [3.8, 4) is 5.75 Å². The van der Waals surface area contributed by atoms with Crippen LogP contribution in [-0.2, 0) is 16.0 Å². The summed E-state index contributed by atoms with van der Waals surface area (Å²) >= 11 is 0. The van der Waals surface area contributed by atoms with E-state index in [-0.39, 0.29) is 6.42 Å². The second kappa shape index (κ2) is 6.97. The molecule has 0 aliphatic rings. The van der Waals surface area contributed by atoms with Crippen LogP contribution in [0.2, 0.25) is 0 Å². The first-order chi connectivity index (χ1) is 9.71. The van der Waals surface area contributed by atoms with Gasteiger partial charge in [-0.3, -0.25) is 10.1 Å². The number of aliphatic carboxylic acids is 1. The number of carboxylic acids is 1. The van der Waals surface area contributed by atoms with Crippen molar-refractivity contribution in [2.45, 2.75) is 39.2 Å². The minimum Gasteiger partial charge on any atom is -0.497 e. The summed E-state index contributed by atoms with van der Waals surface area (Å²) in [5.74, 6) is -0.325. The van der Waals surface area contributed by atoms with Gasteiger partial charge in [-0.05, 0) is 38.8 Å². The number of nitrogens with one attached hydrogen (secondary N) is 1. The Bertz CT molecular complexity index is 519. The lowest BCUT2D eigenvalue weighted by Gasteiger charge is -2.20. The second-order valence-corrected chi connectivity index (χ2v) is 5.54. The zero-order valence-corrected chi connectivity index (χ0v) is 12.7. The summed E-state index contributed by atoms with van der Waals surface area (Å²) in [6.07, 6.45) is -0.299.